The predicted molar refractivity (Wildman–Crippen MR) is 131 cm³/mol. The fourth-order valence-corrected chi connectivity index (χ4v) is 4.91. The van der Waals surface area contributed by atoms with E-state index in [1.165, 1.54) is 12.1 Å². The van der Waals surface area contributed by atoms with Gasteiger partial charge in [0.15, 0.2) is 11.5 Å². The topological polar surface area (TPSA) is 93.7 Å². The number of sulfonamides is 1. The minimum atomic E-state index is -3.82. The number of benzene rings is 3. The zero-order valence-corrected chi connectivity index (χ0v) is 19.7. The summed E-state index contributed by atoms with van der Waals surface area (Å²) >= 11 is 1.69. The zero-order valence-electron chi connectivity index (χ0n) is 18.0. The van der Waals surface area contributed by atoms with Crippen LogP contribution in [0, 0.1) is 0 Å². The Bertz CT molecular complexity index is 1240. The molecule has 0 atom stereocenters. The van der Waals surface area contributed by atoms with E-state index in [2.05, 4.69) is 10.0 Å². The molecule has 172 valence electrons. The summed E-state index contributed by atoms with van der Waals surface area (Å²) in [5, 5.41) is 2.84. The van der Waals surface area contributed by atoms with E-state index in [0.29, 0.717) is 41.7 Å². The molecule has 33 heavy (non-hydrogen) atoms. The minimum absolute atomic E-state index is 0.0780. The highest BCUT2D eigenvalue weighted by Crippen LogP contribution is 2.32. The van der Waals surface area contributed by atoms with Gasteiger partial charge >= 0.3 is 0 Å². The smallest absolute Gasteiger partial charge is 0.262 e. The first-order valence-corrected chi connectivity index (χ1v) is 13.2. The van der Waals surface area contributed by atoms with Gasteiger partial charge in [-0.15, -0.1) is 0 Å². The summed E-state index contributed by atoms with van der Waals surface area (Å²) in [5.74, 6) is 1.55. The molecule has 0 unspecified atom stereocenters. The molecule has 0 saturated heterocycles. The fraction of sp³-hybridized carbons (Fsp3) is 0.208. The molecule has 2 N–H and O–H groups in total. The van der Waals surface area contributed by atoms with Crippen LogP contribution in [0.4, 0.5) is 11.4 Å². The van der Waals surface area contributed by atoms with Gasteiger partial charge in [0.25, 0.3) is 15.9 Å². The Labute approximate surface area is 197 Å². The Morgan fingerprint density at radius 2 is 1.67 bits per heavy atom. The second kappa shape index (κ2) is 10.2. The highest BCUT2D eigenvalue weighted by molar-refractivity contribution is 7.97. The normalized spacial score (nSPS) is 13.1. The van der Waals surface area contributed by atoms with Crippen LogP contribution in [0.2, 0.25) is 0 Å². The van der Waals surface area contributed by atoms with Crippen LogP contribution in [0.25, 0.3) is 0 Å². The van der Waals surface area contributed by atoms with Crippen molar-refractivity contribution >= 4 is 39.1 Å². The van der Waals surface area contributed by atoms with Gasteiger partial charge in [-0.3, -0.25) is 9.52 Å². The first kappa shape index (κ1) is 23.0. The molecule has 3 aromatic rings. The molecular formula is C24H24N2O5S2. The van der Waals surface area contributed by atoms with Gasteiger partial charge in [-0.1, -0.05) is 12.1 Å². The molecule has 0 radical (unpaired) electrons. The molecule has 0 saturated carbocycles. The monoisotopic (exact) mass is 484 g/mol. The van der Waals surface area contributed by atoms with Crippen LogP contribution >= 0.6 is 11.8 Å². The van der Waals surface area contributed by atoms with Gasteiger partial charge in [0.2, 0.25) is 0 Å². The lowest BCUT2D eigenvalue weighted by atomic mass is 10.1. The van der Waals surface area contributed by atoms with E-state index in [1.807, 2.05) is 24.5 Å². The quantitative estimate of drug-likeness (QED) is 0.502. The number of anilines is 2. The fourth-order valence-electron chi connectivity index (χ4n) is 3.32. The number of carbonyl (C=O) groups excluding carboxylic acids is 1. The maximum absolute atomic E-state index is 12.8. The van der Waals surface area contributed by atoms with Gasteiger partial charge in [-0.05, 0) is 60.4 Å². The van der Waals surface area contributed by atoms with E-state index in [9.17, 15) is 13.2 Å². The Hall–Kier alpha value is -3.17. The van der Waals surface area contributed by atoms with Crippen LogP contribution in [0.1, 0.15) is 22.3 Å². The Balaban J connectivity index is 1.43. The van der Waals surface area contributed by atoms with Crippen LogP contribution in [-0.4, -0.2) is 33.8 Å². The van der Waals surface area contributed by atoms with Crippen LogP contribution in [0.3, 0.4) is 0 Å². The summed E-state index contributed by atoms with van der Waals surface area (Å²) in [7, 11) is -3.82. The van der Waals surface area contributed by atoms with Gasteiger partial charge in [0, 0.05) is 35.2 Å². The van der Waals surface area contributed by atoms with Gasteiger partial charge < -0.3 is 14.8 Å². The summed E-state index contributed by atoms with van der Waals surface area (Å²) in [4.78, 5) is 12.6. The summed E-state index contributed by atoms with van der Waals surface area (Å²) in [6, 6.07) is 18.5. The van der Waals surface area contributed by atoms with E-state index in [-0.39, 0.29) is 10.8 Å². The summed E-state index contributed by atoms with van der Waals surface area (Å²) in [5.41, 5.74) is 2.59. The van der Waals surface area contributed by atoms with E-state index in [4.69, 9.17) is 9.47 Å². The third-order valence-electron chi connectivity index (χ3n) is 4.92. The van der Waals surface area contributed by atoms with Gasteiger partial charge in [-0.25, -0.2) is 8.42 Å². The second-order valence-corrected chi connectivity index (χ2v) is 9.98. The summed E-state index contributed by atoms with van der Waals surface area (Å²) < 4.78 is 39.3. The van der Waals surface area contributed by atoms with Crippen molar-refractivity contribution < 1.29 is 22.7 Å². The lowest BCUT2D eigenvalue weighted by Gasteiger charge is -2.12. The molecular weight excluding hydrogens is 460 g/mol. The predicted octanol–water partition coefficient (Wildman–Crippen LogP) is 4.76. The standard InChI is InChI=1S/C24H24N2O5S2/c1-32-16-17-4-2-5-18(14-17)24(27)25-19-6-8-20(9-7-19)26-33(28,29)21-10-11-22-23(15-21)31-13-3-12-30-22/h2,4-11,14-15,26H,3,12-13,16H2,1H3,(H,25,27). The maximum atomic E-state index is 12.8. The molecule has 0 aliphatic carbocycles. The number of thioether (sulfide) groups is 1. The van der Waals surface area contributed by atoms with Crippen molar-refractivity contribution in [2.24, 2.45) is 0 Å². The third-order valence-corrected chi connectivity index (χ3v) is 6.93. The molecule has 0 aromatic heterocycles. The van der Waals surface area contributed by atoms with E-state index >= 15 is 0 Å². The van der Waals surface area contributed by atoms with Crippen LogP contribution in [-0.2, 0) is 15.8 Å². The number of nitrogens with one attached hydrogen (secondary N) is 2. The van der Waals surface area contributed by atoms with Gasteiger partial charge in [-0.2, -0.15) is 11.8 Å². The van der Waals surface area contributed by atoms with E-state index < -0.39 is 10.0 Å². The molecule has 1 heterocycles. The molecule has 4 rings (SSSR count). The lowest BCUT2D eigenvalue weighted by Crippen LogP contribution is -2.14. The number of amides is 1. The van der Waals surface area contributed by atoms with Crippen LogP contribution < -0.4 is 19.5 Å². The SMILES string of the molecule is CSCc1cccc(C(=O)Nc2ccc(NS(=O)(=O)c3ccc4c(c3)OCCCO4)cc2)c1. The third kappa shape index (κ3) is 5.80. The largest absolute Gasteiger partial charge is 0.490 e. The Kier molecular flexibility index (Phi) is 7.10. The number of fused-ring (bicyclic) bond motifs is 1. The van der Waals surface area contributed by atoms with Crippen molar-refractivity contribution in [2.45, 2.75) is 17.1 Å². The van der Waals surface area contributed by atoms with Crippen molar-refractivity contribution in [1.29, 1.82) is 0 Å². The number of hydrogen-bond acceptors (Lipinski definition) is 6. The van der Waals surface area contributed by atoms with Crippen molar-refractivity contribution in [3.05, 3.63) is 77.9 Å². The van der Waals surface area contributed by atoms with Crippen molar-refractivity contribution in [3.8, 4) is 11.5 Å². The molecule has 1 amide bonds. The van der Waals surface area contributed by atoms with E-state index in [0.717, 1.165) is 17.7 Å². The molecule has 1 aliphatic rings. The van der Waals surface area contributed by atoms with Crippen molar-refractivity contribution in [2.75, 3.05) is 29.5 Å². The molecule has 0 fully saturated rings. The second-order valence-electron chi connectivity index (χ2n) is 7.43. The zero-order chi connectivity index (χ0) is 23.3. The first-order valence-electron chi connectivity index (χ1n) is 10.4. The molecule has 1 aliphatic heterocycles. The average Bonchev–Trinajstić information content (AvgIpc) is 3.05. The minimum Gasteiger partial charge on any atom is -0.490 e. The molecule has 0 bridgehead atoms. The molecule has 3 aromatic carbocycles. The molecule has 0 spiro atoms. The highest BCUT2D eigenvalue weighted by atomic mass is 32.2. The van der Waals surface area contributed by atoms with Crippen LogP contribution in [0.5, 0.6) is 11.5 Å². The van der Waals surface area contributed by atoms with Gasteiger partial charge in [0.05, 0.1) is 18.1 Å². The number of carbonyl (C=O) groups is 1. The molecule has 9 heteroatoms. The average molecular weight is 485 g/mol. The van der Waals surface area contributed by atoms with Gasteiger partial charge in [0.1, 0.15) is 0 Å². The first-order chi connectivity index (χ1) is 15.9. The summed E-state index contributed by atoms with van der Waals surface area (Å²) in [6.07, 6.45) is 2.75. The van der Waals surface area contributed by atoms with Crippen molar-refractivity contribution in [1.82, 2.24) is 0 Å². The summed E-state index contributed by atoms with van der Waals surface area (Å²) in [6.45, 7) is 1.00. The Morgan fingerprint density at radius 3 is 2.42 bits per heavy atom. The molecule has 7 nitrogen and oxygen atoms in total. The van der Waals surface area contributed by atoms with Crippen molar-refractivity contribution in [3.63, 3.8) is 0 Å². The number of ether oxygens (including phenoxy) is 2. The Morgan fingerprint density at radius 1 is 0.939 bits per heavy atom. The maximum Gasteiger partial charge on any atom is 0.262 e. The number of rotatable bonds is 7. The highest BCUT2D eigenvalue weighted by Gasteiger charge is 2.19. The number of hydrogen-bond donors (Lipinski definition) is 2. The van der Waals surface area contributed by atoms with Crippen LogP contribution in [0.15, 0.2) is 71.6 Å². The lowest BCUT2D eigenvalue weighted by molar-refractivity contribution is 0.102. The van der Waals surface area contributed by atoms with E-state index in [1.54, 1.807) is 48.2 Å².